The van der Waals surface area contributed by atoms with E-state index in [9.17, 15) is 10.2 Å². The third-order valence-corrected chi connectivity index (χ3v) is 1.84. The number of aliphatic hydroxyl groups excluding tert-OH is 3. The van der Waals surface area contributed by atoms with Gasteiger partial charge < -0.3 is 15.3 Å². The third kappa shape index (κ3) is 1.88. The molecule has 66 valence electrons. The van der Waals surface area contributed by atoms with Crippen LogP contribution in [-0.4, -0.2) is 45.6 Å². The van der Waals surface area contributed by atoms with E-state index in [1.54, 1.807) is 0 Å². The molecule has 0 amide bonds. The van der Waals surface area contributed by atoms with Gasteiger partial charge in [-0.05, 0) is 0 Å². The van der Waals surface area contributed by atoms with E-state index in [-0.39, 0.29) is 6.42 Å². The van der Waals surface area contributed by atoms with Crippen LogP contribution in [0.25, 0.3) is 0 Å². The van der Waals surface area contributed by atoms with Crippen LogP contribution in [0.2, 0.25) is 0 Å². The summed E-state index contributed by atoms with van der Waals surface area (Å²) in [5.41, 5.74) is 0. The zero-order valence-corrected chi connectivity index (χ0v) is 6.44. The van der Waals surface area contributed by atoms with E-state index in [0.717, 1.165) is 0 Å². The summed E-state index contributed by atoms with van der Waals surface area (Å²) in [6.45, 7) is 2.37. The highest BCUT2D eigenvalue weighted by Crippen LogP contribution is 2.11. The molecular formula is C6H14N2O3. The topological polar surface area (TPSA) is 76.0 Å². The lowest BCUT2D eigenvalue weighted by molar-refractivity contribution is -0.178. The van der Waals surface area contributed by atoms with Gasteiger partial charge in [0, 0.05) is 13.0 Å². The van der Waals surface area contributed by atoms with Gasteiger partial charge in [0.1, 0.15) is 12.5 Å². The second-order valence-electron chi connectivity index (χ2n) is 2.60. The van der Waals surface area contributed by atoms with E-state index in [4.69, 9.17) is 5.11 Å². The smallest absolute Gasteiger partial charge is 0.166 e. The Hall–Kier alpha value is -0.200. The lowest BCUT2D eigenvalue weighted by atomic mass is 10.2. The van der Waals surface area contributed by atoms with Crippen LogP contribution in [0.3, 0.4) is 0 Å². The van der Waals surface area contributed by atoms with Crippen molar-refractivity contribution in [2.24, 2.45) is 0 Å². The predicted octanol–water partition coefficient (Wildman–Crippen LogP) is -1.79. The third-order valence-electron chi connectivity index (χ3n) is 1.84. The minimum absolute atomic E-state index is 0.227. The molecule has 0 aromatic heterocycles. The Balaban J connectivity index is 2.52. The van der Waals surface area contributed by atoms with Gasteiger partial charge in [0.05, 0.1) is 0 Å². The van der Waals surface area contributed by atoms with Crippen LogP contribution in [-0.2, 0) is 0 Å². The van der Waals surface area contributed by atoms with Crippen molar-refractivity contribution in [1.82, 2.24) is 10.2 Å². The van der Waals surface area contributed by atoms with E-state index in [1.165, 1.54) is 4.90 Å². The number of hydrogen-bond acceptors (Lipinski definition) is 5. The lowest BCUT2D eigenvalue weighted by Crippen LogP contribution is -2.60. The van der Waals surface area contributed by atoms with Crippen molar-refractivity contribution in [2.75, 3.05) is 6.54 Å². The fourth-order valence-electron chi connectivity index (χ4n) is 1.22. The van der Waals surface area contributed by atoms with Gasteiger partial charge in [0.15, 0.2) is 6.35 Å². The molecule has 0 aromatic carbocycles. The summed E-state index contributed by atoms with van der Waals surface area (Å²) in [7, 11) is 0. The largest absolute Gasteiger partial charge is 0.378 e. The molecule has 1 aliphatic rings. The first-order valence-electron chi connectivity index (χ1n) is 3.71. The second kappa shape index (κ2) is 3.46. The van der Waals surface area contributed by atoms with Crippen LogP contribution < -0.4 is 5.32 Å². The molecule has 3 unspecified atom stereocenters. The van der Waals surface area contributed by atoms with E-state index >= 15 is 0 Å². The molecule has 0 bridgehead atoms. The maximum absolute atomic E-state index is 9.28. The molecule has 11 heavy (non-hydrogen) atoms. The van der Waals surface area contributed by atoms with Gasteiger partial charge in [-0.3, -0.25) is 5.32 Å². The fraction of sp³-hybridized carbons (Fsp3) is 1.00. The molecule has 4 N–H and O–H groups in total. The summed E-state index contributed by atoms with van der Waals surface area (Å²) in [5, 5.41) is 30.0. The normalized spacial score (nSPS) is 40.9. The Morgan fingerprint density at radius 3 is 2.55 bits per heavy atom. The van der Waals surface area contributed by atoms with E-state index in [2.05, 4.69) is 5.32 Å². The molecular weight excluding hydrogens is 148 g/mol. The number of hydrogen-bond donors (Lipinski definition) is 4. The first kappa shape index (κ1) is 8.89. The van der Waals surface area contributed by atoms with Crippen molar-refractivity contribution >= 4 is 0 Å². The Morgan fingerprint density at radius 2 is 2.09 bits per heavy atom. The van der Waals surface area contributed by atoms with Crippen LogP contribution in [0.4, 0.5) is 0 Å². The monoisotopic (exact) mass is 162 g/mol. The Bertz CT molecular complexity index is 121. The second-order valence-corrected chi connectivity index (χ2v) is 2.60. The Morgan fingerprint density at radius 1 is 1.45 bits per heavy atom. The van der Waals surface area contributed by atoms with E-state index in [0.29, 0.717) is 6.54 Å². The summed E-state index contributed by atoms with van der Waals surface area (Å²) >= 11 is 0. The number of nitrogens with one attached hydrogen (secondary N) is 1. The molecule has 1 saturated heterocycles. The summed E-state index contributed by atoms with van der Waals surface area (Å²) in [4.78, 5) is 1.45. The first-order chi connectivity index (χ1) is 5.15. The maximum atomic E-state index is 9.28. The van der Waals surface area contributed by atoms with Crippen LogP contribution in [0.15, 0.2) is 0 Å². The molecule has 1 fully saturated rings. The molecule has 0 aliphatic carbocycles. The van der Waals surface area contributed by atoms with Crippen molar-refractivity contribution in [3.63, 3.8) is 0 Å². The molecule has 0 radical (unpaired) electrons. The average molecular weight is 162 g/mol. The number of rotatable bonds is 1. The van der Waals surface area contributed by atoms with Crippen molar-refractivity contribution < 1.29 is 15.3 Å². The average Bonchev–Trinajstić information content (AvgIpc) is 1.85. The van der Waals surface area contributed by atoms with Crippen LogP contribution >= 0.6 is 0 Å². The molecule has 0 saturated carbocycles. The molecule has 0 aromatic rings. The number of aliphatic hydroxyl groups is 3. The minimum Gasteiger partial charge on any atom is -0.378 e. The highest BCUT2D eigenvalue weighted by atomic mass is 16.4. The van der Waals surface area contributed by atoms with Crippen LogP contribution in [0.5, 0.6) is 0 Å². The van der Waals surface area contributed by atoms with Crippen LogP contribution in [0, 0.1) is 0 Å². The van der Waals surface area contributed by atoms with Crippen molar-refractivity contribution in [2.45, 2.75) is 32.2 Å². The van der Waals surface area contributed by atoms with Crippen molar-refractivity contribution in [3.8, 4) is 0 Å². The molecule has 0 spiro atoms. The number of nitrogens with zero attached hydrogens (tertiary/aromatic N) is 1. The van der Waals surface area contributed by atoms with Gasteiger partial charge in [-0.25, -0.2) is 4.90 Å². The van der Waals surface area contributed by atoms with E-state index < -0.39 is 18.8 Å². The van der Waals surface area contributed by atoms with Crippen molar-refractivity contribution in [1.29, 1.82) is 0 Å². The lowest BCUT2D eigenvalue weighted by Gasteiger charge is -2.38. The van der Waals surface area contributed by atoms with Gasteiger partial charge in [0.2, 0.25) is 0 Å². The molecule has 1 heterocycles. The molecule has 3 atom stereocenters. The van der Waals surface area contributed by atoms with Gasteiger partial charge in [-0.15, -0.1) is 0 Å². The standard InChI is InChI=1S/C6H14N2O3/c1-2-8-5(10)3-4(9)7-6(8)11/h4-7,9-11H,2-3H2,1H3. The van der Waals surface area contributed by atoms with Crippen molar-refractivity contribution in [3.05, 3.63) is 0 Å². The van der Waals surface area contributed by atoms with Gasteiger partial charge >= 0.3 is 0 Å². The Labute approximate surface area is 65.3 Å². The summed E-state index contributed by atoms with van der Waals surface area (Å²) in [5.74, 6) is 0. The summed E-state index contributed by atoms with van der Waals surface area (Å²) in [6, 6.07) is 0. The SMILES string of the molecule is CCN1C(O)CC(O)NC1O. The van der Waals surface area contributed by atoms with Gasteiger partial charge in [0.25, 0.3) is 0 Å². The fourth-order valence-corrected chi connectivity index (χ4v) is 1.22. The molecule has 5 heteroatoms. The highest BCUT2D eigenvalue weighted by molar-refractivity contribution is 4.72. The summed E-state index contributed by atoms with van der Waals surface area (Å²) < 4.78 is 0. The maximum Gasteiger partial charge on any atom is 0.166 e. The molecule has 1 aliphatic heterocycles. The highest BCUT2D eigenvalue weighted by Gasteiger charge is 2.30. The zero-order valence-electron chi connectivity index (χ0n) is 6.44. The first-order valence-corrected chi connectivity index (χ1v) is 3.71. The zero-order chi connectivity index (χ0) is 8.43. The summed E-state index contributed by atoms with van der Waals surface area (Å²) in [6.07, 6.45) is -2.29. The van der Waals surface area contributed by atoms with Crippen LogP contribution in [0.1, 0.15) is 13.3 Å². The molecule has 1 rings (SSSR count). The van der Waals surface area contributed by atoms with Gasteiger partial charge in [-0.2, -0.15) is 0 Å². The Kier molecular flexibility index (Phi) is 2.80. The van der Waals surface area contributed by atoms with E-state index in [1.807, 2.05) is 6.92 Å². The minimum atomic E-state index is -0.946. The van der Waals surface area contributed by atoms with Gasteiger partial charge in [-0.1, -0.05) is 6.92 Å². The molecule has 5 nitrogen and oxygen atoms in total. The quantitative estimate of drug-likeness (QED) is 0.366. The predicted molar refractivity (Wildman–Crippen MR) is 38.2 cm³/mol.